The Morgan fingerprint density at radius 2 is 2.25 bits per heavy atom. The summed E-state index contributed by atoms with van der Waals surface area (Å²) in [6.45, 7) is 4.40. The molecule has 0 aromatic heterocycles. The van der Waals surface area contributed by atoms with Crippen LogP contribution in [0.25, 0.3) is 0 Å². The van der Waals surface area contributed by atoms with E-state index in [0.717, 1.165) is 29.2 Å². The summed E-state index contributed by atoms with van der Waals surface area (Å²) >= 11 is 5.95. The summed E-state index contributed by atoms with van der Waals surface area (Å²) in [6, 6.07) is 5.73. The molecule has 0 aliphatic carbocycles. The van der Waals surface area contributed by atoms with E-state index in [4.69, 9.17) is 22.1 Å². The van der Waals surface area contributed by atoms with E-state index in [1.165, 1.54) is 0 Å². The fraction of sp³-hybridized carbons (Fsp3) is 0.538. The van der Waals surface area contributed by atoms with E-state index in [-0.39, 0.29) is 12.1 Å². The van der Waals surface area contributed by atoms with E-state index in [0.29, 0.717) is 5.92 Å². The molecule has 0 radical (unpaired) electrons. The minimum atomic E-state index is 0.0474. The lowest BCUT2D eigenvalue weighted by Crippen LogP contribution is -2.30. The van der Waals surface area contributed by atoms with E-state index in [1.807, 2.05) is 18.2 Å². The van der Waals surface area contributed by atoms with Crippen LogP contribution < -0.4 is 10.5 Å². The van der Waals surface area contributed by atoms with Gasteiger partial charge in [-0.2, -0.15) is 0 Å². The average Bonchev–Trinajstić information content (AvgIpc) is 2.18. The highest BCUT2D eigenvalue weighted by molar-refractivity contribution is 6.30. The van der Waals surface area contributed by atoms with Crippen molar-refractivity contribution in [2.75, 3.05) is 0 Å². The van der Waals surface area contributed by atoms with E-state index in [9.17, 15) is 0 Å². The third-order valence-electron chi connectivity index (χ3n) is 2.92. The van der Waals surface area contributed by atoms with Crippen LogP contribution >= 0.6 is 11.6 Å². The summed E-state index contributed by atoms with van der Waals surface area (Å²) in [5.41, 5.74) is 7.18. The zero-order valence-corrected chi connectivity index (χ0v) is 10.5. The van der Waals surface area contributed by atoms with Gasteiger partial charge in [-0.1, -0.05) is 25.4 Å². The first-order chi connectivity index (χ1) is 7.56. The normalized spacial score (nSPS) is 24.1. The van der Waals surface area contributed by atoms with Gasteiger partial charge in [0.2, 0.25) is 0 Å². The lowest BCUT2D eigenvalue weighted by Gasteiger charge is -2.31. The van der Waals surface area contributed by atoms with Crippen molar-refractivity contribution in [3.63, 3.8) is 0 Å². The molecule has 16 heavy (non-hydrogen) atoms. The van der Waals surface area contributed by atoms with Crippen molar-refractivity contribution in [3.05, 3.63) is 28.8 Å². The van der Waals surface area contributed by atoms with Crippen molar-refractivity contribution in [1.29, 1.82) is 0 Å². The van der Waals surface area contributed by atoms with Crippen molar-refractivity contribution < 1.29 is 4.74 Å². The molecule has 2 nitrogen and oxygen atoms in total. The first-order valence-electron chi connectivity index (χ1n) is 5.78. The summed E-state index contributed by atoms with van der Waals surface area (Å²) in [6.07, 6.45) is 2.17. The topological polar surface area (TPSA) is 35.2 Å². The number of fused-ring (bicyclic) bond motifs is 1. The highest BCUT2D eigenvalue weighted by Gasteiger charge is 2.26. The van der Waals surface area contributed by atoms with Crippen molar-refractivity contribution in [1.82, 2.24) is 0 Å². The van der Waals surface area contributed by atoms with Crippen molar-refractivity contribution in [2.45, 2.75) is 38.8 Å². The molecule has 0 fully saturated rings. The predicted molar refractivity (Wildman–Crippen MR) is 66.9 cm³/mol. The molecule has 2 rings (SSSR count). The molecule has 1 aliphatic heterocycles. The molecule has 0 saturated heterocycles. The van der Waals surface area contributed by atoms with Gasteiger partial charge < -0.3 is 10.5 Å². The van der Waals surface area contributed by atoms with Crippen LogP contribution in [0.4, 0.5) is 0 Å². The second-order valence-electron chi connectivity index (χ2n) is 4.89. The Balaban J connectivity index is 2.20. The third kappa shape index (κ3) is 2.50. The van der Waals surface area contributed by atoms with Crippen LogP contribution in [0.1, 0.15) is 38.3 Å². The smallest absolute Gasteiger partial charge is 0.124 e. The van der Waals surface area contributed by atoms with Crippen molar-refractivity contribution in [2.24, 2.45) is 11.7 Å². The maximum Gasteiger partial charge on any atom is 0.124 e. The maximum atomic E-state index is 6.14. The summed E-state index contributed by atoms with van der Waals surface area (Å²) in [4.78, 5) is 0. The van der Waals surface area contributed by atoms with Crippen LogP contribution in [-0.2, 0) is 0 Å². The van der Waals surface area contributed by atoms with Gasteiger partial charge in [0, 0.05) is 23.0 Å². The van der Waals surface area contributed by atoms with Gasteiger partial charge in [-0.3, -0.25) is 0 Å². The predicted octanol–water partition coefficient (Wildman–Crippen LogP) is 3.54. The van der Waals surface area contributed by atoms with E-state index < -0.39 is 0 Å². The lowest BCUT2D eigenvalue weighted by molar-refractivity contribution is 0.136. The minimum absolute atomic E-state index is 0.0474. The van der Waals surface area contributed by atoms with E-state index in [1.54, 1.807) is 0 Å². The van der Waals surface area contributed by atoms with Gasteiger partial charge in [0.05, 0.1) is 0 Å². The van der Waals surface area contributed by atoms with Gasteiger partial charge >= 0.3 is 0 Å². The Morgan fingerprint density at radius 1 is 1.50 bits per heavy atom. The molecule has 0 saturated carbocycles. The Morgan fingerprint density at radius 3 is 2.94 bits per heavy atom. The fourth-order valence-corrected chi connectivity index (χ4v) is 2.40. The zero-order valence-electron chi connectivity index (χ0n) is 9.74. The van der Waals surface area contributed by atoms with Gasteiger partial charge in [-0.05, 0) is 30.5 Å². The van der Waals surface area contributed by atoms with Crippen LogP contribution in [0.15, 0.2) is 18.2 Å². The third-order valence-corrected chi connectivity index (χ3v) is 3.15. The molecule has 2 unspecified atom stereocenters. The highest BCUT2D eigenvalue weighted by atomic mass is 35.5. The number of benzene rings is 1. The number of rotatable bonds is 2. The SMILES string of the molecule is CC(C)CC1CC(N)c2cc(Cl)ccc2O1. The zero-order chi connectivity index (χ0) is 11.7. The largest absolute Gasteiger partial charge is 0.490 e. The highest BCUT2D eigenvalue weighted by Crippen LogP contribution is 2.36. The Bertz CT molecular complexity index is 378. The molecule has 1 aromatic rings. The Kier molecular flexibility index (Phi) is 3.41. The van der Waals surface area contributed by atoms with Crippen LogP contribution in [0.2, 0.25) is 5.02 Å². The van der Waals surface area contributed by atoms with Crippen molar-refractivity contribution in [3.8, 4) is 5.75 Å². The summed E-state index contributed by atoms with van der Waals surface area (Å²) in [5.74, 6) is 1.53. The number of hydrogen-bond acceptors (Lipinski definition) is 2. The van der Waals surface area contributed by atoms with Gasteiger partial charge in [-0.25, -0.2) is 0 Å². The molecule has 1 heterocycles. The molecular weight excluding hydrogens is 222 g/mol. The second-order valence-corrected chi connectivity index (χ2v) is 5.33. The van der Waals surface area contributed by atoms with Crippen LogP contribution in [0.3, 0.4) is 0 Å². The van der Waals surface area contributed by atoms with Gasteiger partial charge in [0.1, 0.15) is 11.9 Å². The van der Waals surface area contributed by atoms with Gasteiger partial charge in [0.15, 0.2) is 0 Å². The van der Waals surface area contributed by atoms with Crippen LogP contribution in [-0.4, -0.2) is 6.10 Å². The monoisotopic (exact) mass is 239 g/mol. The summed E-state index contributed by atoms with van der Waals surface area (Å²) in [5, 5.41) is 0.722. The van der Waals surface area contributed by atoms with Crippen molar-refractivity contribution >= 4 is 11.6 Å². The molecule has 2 atom stereocenters. The Hall–Kier alpha value is -0.730. The number of halogens is 1. The molecule has 2 N–H and O–H groups in total. The molecule has 0 amide bonds. The van der Waals surface area contributed by atoms with E-state index >= 15 is 0 Å². The summed E-state index contributed by atoms with van der Waals surface area (Å²) < 4.78 is 5.93. The number of ether oxygens (including phenoxy) is 1. The van der Waals surface area contributed by atoms with Crippen LogP contribution in [0.5, 0.6) is 5.75 Å². The minimum Gasteiger partial charge on any atom is -0.490 e. The fourth-order valence-electron chi connectivity index (χ4n) is 2.22. The van der Waals surface area contributed by atoms with Gasteiger partial charge in [-0.15, -0.1) is 0 Å². The molecular formula is C13H18ClNO. The second kappa shape index (κ2) is 4.64. The standard InChI is InChI=1S/C13H18ClNO/c1-8(2)5-10-7-12(15)11-6-9(14)3-4-13(11)16-10/h3-4,6,8,10,12H,5,7,15H2,1-2H3. The number of nitrogens with two attached hydrogens (primary N) is 1. The lowest BCUT2D eigenvalue weighted by atomic mass is 9.93. The molecule has 3 heteroatoms. The van der Waals surface area contributed by atoms with E-state index in [2.05, 4.69) is 13.8 Å². The van der Waals surface area contributed by atoms with Gasteiger partial charge in [0.25, 0.3) is 0 Å². The quantitative estimate of drug-likeness (QED) is 0.857. The maximum absolute atomic E-state index is 6.14. The first kappa shape index (κ1) is 11.7. The number of hydrogen-bond donors (Lipinski definition) is 1. The first-order valence-corrected chi connectivity index (χ1v) is 6.15. The Labute approximate surface area is 102 Å². The molecule has 0 spiro atoms. The molecule has 0 bridgehead atoms. The molecule has 1 aliphatic rings. The molecule has 88 valence electrons. The molecule has 1 aromatic carbocycles. The van der Waals surface area contributed by atoms with Crippen LogP contribution in [0, 0.1) is 5.92 Å². The summed E-state index contributed by atoms with van der Waals surface area (Å²) in [7, 11) is 0. The average molecular weight is 240 g/mol.